The normalized spacial score (nSPS) is 11.3. The van der Waals surface area contributed by atoms with Crippen LogP contribution < -0.4 is 5.32 Å². The fourth-order valence-electron chi connectivity index (χ4n) is 1.29. The number of carbonyl (C=O) groups excluding carboxylic acids is 1. The molecule has 3 N–H and O–H groups in total. The molecule has 0 unspecified atom stereocenters. The molecule has 1 aromatic heterocycles. The summed E-state index contributed by atoms with van der Waals surface area (Å²) in [6.45, 7) is 0.778. The van der Waals surface area contributed by atoms with E-state index in [1.165, 1.54) is 0 Å². The van der Waals surface area contributed by atoms with Crippen LogP contribution in [0.2, 0.25) is 0 Å². The number of furan rings is 1. The molecule has 0 spiro atoms. The molecule has 0 atom stereocenters. The van der Waals surface area contributed by atoms with Crippen LogP contribution in [0.1, 0.15) is 23.9 Å². The maximum atomic E-state index is 11.7. The monoisotopic (exact) mass is 258 g/mol. The summed E-state index contributed by atoms with van der Waals surface area (Å²) in [7, 11) is 0. The third kappa shape index (κ3) is 2.84. The average molecular weight is 258 g/mol. The summed E-state index contributed by atoms with van der Waals surface area (Å²) in [5.41, 5.74) is -1.17. The summed E-state index contributed by atoms with van der Waals surface area (Å²) in [5, 5.41) is 31.1. The Morgan fingerprint density at radius 3 is 2.50 bits per heavy atom. The van der Waals surface area contributed by atoms with E-state index >= 15 is 0 Å². The van der Waals surface area contributed by atoms with Crippen LogP contribution in [-0.2, 0) is 0 Å². The van der Waals surface area contributed by atoms with E-state index in [1.54, 1.807) is 6.92 Å². The highest BCUT2D eigenvalue weighted by Gasteiger charge is 2.30. The molecule has 0 aliphatic carbocycles. The molecule has 0 fully saturated rings. The molecule has 8 nitrogen and oxygen atoms in total. The molecule has 0 aliphatic rings. The molecule has 1 amide bonds. The molecule has 8 heteroatoms. The van der Waals surface area contributed by atoms with Crippen molar-refractivity contribution >= 4 is 11.8 Å². The zero-order chi connectivity index (χ0) is 13.8. The van der Waals surface area contributed by atoms with E-state index in [4.69, 9.17) is 14.6 Å². The number of hydrogen-bond donors (Lipinski definition) is 3. The zero-order valence-corrected chi connectivity index (χ0v) is 9.75. The fourth-order valence-corrected chi connectivity index (χ4v) is 1.29. The summed E-state index contributed by atoms with van der Waals surface area (Å²) >= 11 is 0. The molecule has 0 aliphatic heterocycles. The highest BCUT2D eigenvalue weighted by Crippen LogP contribution is 2.17. The van der Waals surface area contributed by atoms with E-state index in [2.05, 4.69) is 5.32 Å². The lowest BCUT2D eigenvalue weighted by molar-refractivity contribution is -0.402. The Labute approximate surface area is 102 Å². The molecular formula is C10H14N2O6. The molecule has 0 saturated heterocycles. The average Bonchev–Trinajstić information content (AvgIpc) is 2.86. The molecule has 0 radical (unpaired) electrons. The minimum absolute atomic E-state index is 0.249. The predicted octanol–water partition coefficient (Wildman–Crippen LogP) is 0.0510. The van der Waals surface area contributed by atoms with Crippen LogP contribution in [0, 0.1) is 10.1 Å². The van der Waals surface area contributed by atoms with Crippen LogP contribution in [-0.4, -0.2) is 39.8 Å². The number of nitrogens with one attached hydrogen (secondary N) is 1. The van der Waals surface area contributed by atoms with Crippen LogP contribution in [0.15, 0.2) is 16.5 Å². The smallest absolute Gasteiger partial charge is 0.395 e. The number of rotatable bonds is 6. The molecule has 100 valence electrons. The Hall–Kier alpha value is -1.93. The topological polar surface area (TPSA) is 126 Å². The van der Waals surface area contributed by atoms with E-state index < -0.39 is 35.5 Å². The second-order valence-electron chi connectivity index (χ2n) is 3.80. The van der Waals surface area contributed by atoms with Crippen molar-refractivity contribution in [3.05, 3.63) is 28.0 Å². The predicted molar refractivity (Wildman–Crippen MR) is 60.0 cm³/mol. The van der Waals surface area contributed by atoms with Gasteiger partial charge in [-0.25, -0.2) is 0 Å². The van der Waals surface area contributed by atoms with Gasteiger partial charge in [0.1, 0.15) is 4.92 Å². The van der Waals surface area contributed by atoms with E-state index in [0.29, 0.717) is 6.42 Å². The van der Waals surface area contributed by atoms with Crippen molar-refractivity contribution in [2.75, 3.05) is 13.2 Å². The molecule has 1 rings (SSSR count). The number of nitro groups is 1. The van der Waals surface area contributed by atoms with E-state index in [9.17, 15) is 14.9 Å². The van der Waals surface area contributed by atoms with Gasteiger partial charge in [-0.1, -0.05) is 6.92 Å². The SMILES string of the molecule is CCC(CO)(CO)NC(=O)c1ccc([N+](=O)[O-])o1. The van der Waals surface area contributed by atoms with Gasteiger partial charge in [-0.15, -0.1) is 0 Å². The first kappa shape index (κ1) is 14.1. The molecule has 1 heterocycles. The Morgan fingerprint density at radius 2 is 2.11 bits per heavy atom. The van der Waals surface area contributed by atoms with Gasteiger partial charge in [0.05, 0.1) is 24.8 Å². The Balaban J connectivity index is 2.84. The lowest BCUT2D eigenvalue weighted by Gasteiger charge is -2.29. The van der Waals surface area contributed by atoms with Crippen LogP contribution >= 0.6 is 0 Å². The highest BCUT2D eigenvalue weighted by molar-refractivity contribution is 5.92. The van der Waals surface area contributed by atoms with Crippen molar-refractivity contribution in [3.63, 3.8) is 0 Å². The second-order valence-corrected chi connectivity index (χ2v) is 3.80. The van der Waals surface area contributed by atoms with Gasteiger partial charge in [-0.05, 0) is 12.5 Å². The van der Waals surface area contributed by atoms with Gasteiger partial charge in [-0.3, -0.25) is 14.9 Å². The van der Waals surface area contributed by atoms with E-state index in [-0.39, 0.29) is 5.76 Å². The summed E-state index contributed by atoms with van der Waals surface area (Å²) in [4.78, 5) is 21.4. The number of aliphatic hydroxyl groups is 2. The molecule has 1 aromatic rings. The Kier molecular flexibility index (Phi) is 4.40. The quantitative estimate of drug-likeness (QED) is 0.489. The molecule has 0 aromatic carbocycles. The first-order valence-corrected chi connectivity index (χ1v) is 5.26. The van der Waals surface area contributed by atoms with Gasteiger partial charge in [0, 0.05) is 0 Å². The Morgan fingerprint density at radius 1 is 1.50 bits per heavy atom. The fraction of sp³-hybridized carbons (Fsp3) is 0.500. The summed E-state index contributed by atoms with van der Waals surface area (Å²) in [5.74, 6) is -1.52. The van der Waals surface area contributed by atoms with E-state index in [0.717, 1.165) is 12.1 Å². The van der Waals surface area contributed by atoms with Gasteiger partial charge in [-0.2, -0.15) is 0 Å². The minimum Gasteiger partial charge on any atom is -0.395 e. The maximum Gasteiger partial charge on any atom is 0.433 e. The number of amides is 1. The second kappa shape index (κ2) is 5.61. The lowest BCUT2D eigenvalue weighted by Crippen LogP contribution is -2.53. The van der Waals surface area contributed by atoms with Gasteiger partial charge in [0.25, 0.3) is 5.91 Å². The third-order valence-electron chi connectivity index (χ3n) is 2.66. The minimum atomic E-state index is -1.17. The van der Waals surface area contributed by atoms with Gasteiger partial charge in [0.15, 0.2) is 5.76 Å². The van der Waals surface area contributed by atoms with Crippen molar-refractivity contribution < 1.29 is 24.3 Å². The van der Waals surface area contributed by atoms with E-state index in [1.807, 2.05) is 0 Å². The zero-order valence-electron chi connectivity index (χ0n) is 9.75. The van der Waals surface area contributed by atoms with Crippen LogP contribution in [0.4, 0.5) is 5.88 Å². The summed E-state index contributed by atoms with van der Waals surface area (Å²) in [6.07, 6.45) is 0.300. The third-order valence-corrected chi connectivity index (χ3v) is 2.66. The summed E-state index contributed by atoms with van der Waals surface area (Å²) in [6, 6.07) is 2.21. The van der Waals surface area contributed by atoms with Crippen molar-refractivity contribution in [1.82, 2.24) is 5.32 Å². The number of aliphatic hydroxyl groups excluding tert-OH is 2. The van der Waals surface area contributed by atoms with Crippen molar-refractivity contribution in [1.29, 1.82) is 0 Å². The van der Waals surface area contributed by atoms with Crippen LogP contribution in [0.3, 0.4) is 0 Å². The number of carbonyl (C=O) groups is 1. The van der Waals surface area contributed by atoms with Crippen LogP contribution in [0.5, 0.6) is 0 Å². The number of hydrogen-bond acceptors (Lipinski definition) is 6. The largest absolute Gasteiger partial charge is 0.433 e. The standard InChI is InChI=1S/C10H14N2O6/c1-2-10(5-13,6-14)11-9(15)7-3-4-8(18-7)12(16)17/h3-4,13-14H,2,5-6H2,1H3,(H,11,15). The molecular weight excluding hydrogens is 244 g/mol. The molecule has 0 saturated carbocycles. The molecule has 0 bridgehead atoms. The summed E-state index contributed by atoms with van der Waals surface area (Å²) < 4.78 is 4.71. The van der Waals surface area contributed by atoms with Crippen LogP contribution in [0.25, 0.3) is 0 Å². The maximum absolute atomic E-state index is 11.7. The van der Waals surface area contributed by atoms with Gasteiger partial charge >= 0.3 is 5.88 Å². The van der Waals surface area contributed by atoms with Crippen molar-refractivity contribution in [2.24, 2.45) is 0 Å². The number of nitrogens with zero attached hydrogens (tertiary/aromatic N) is 1. The first-order valence-electron chi connectivity index (χ1n) is 5.26. The first-order chi connectivity index (χ1) is 8.48. The lowest BCUT2D eigenvalue weighted by atomic mass is 9.98. The van der Waals surface area contributed by atoms with Crippen molar-refractivity contribution in [2.45, 2.75) is 18.9 Å². The molecule has 18 heavy (non-hydrogen) atoms. The highest BCUT2D eigenvalue weighted by atomic mass is 16.6. The Bertz CT molecular complexity index is 429. The van der Waals surface area contributed by atoms with Crippen molar-refractivity contribution in [3.8, 4) is 0 Å². The van der Waals surface area contributed by atoms with Gasteiger partial charge in [0.2, 0.25) is 0 Å². The van der Waals surface area contributed by atoms with Gasteiger partial charge < -0.3 is 19.9 Å².